The summed E-state index contributed by atoms with van der Waals surface area (Å²) in [6.45, 7) is 2.21. The van der Waals surface area contributed by atoms with Crippen LogP contribution in [0.15, 0.2) is 0 Å². The van der Waals surface area contributed by atoms with E-state index in [1.807, 2.05) is 0 Å². The van der Waals surface area contributed by atoms with Crippen molar-refractivity contribution in [2.45, 2.75) is 70.8 Å². The highest BCUT2D eigenvalue weighted by Crippen LogP contribution is 2.13. The molecule has 5 heteroatoms. The third-order valence-electron chi connectivity index (χ3n) is 3.16. The molecule has 0 aromatic rings. The summed E-state index contributed by atoms with van der Waals surface area (Å²) in [5.74, 6) is -0.206. The maximum atomic E-state index is 10.6. The van der Waals surface area contributed by atoms with Crippen molar-refractivity contribution < 1.29 is 17.7 Å². The van der Waals surface area contributed by atoms with E-state index in [1.165, 1.54) is 38.5 Å². The van der Waals surface area contributed by atoms with Crippen LogP contribution < -0.4 is 0 Å². The number of rotatable bonds is 12. The predicted molar refractivity (Wildman–Crippen MR) is 74.4 cm³/mol. The van der Waals surface area contributed by atoms with E-state index in [0.717, 1.165) is 12.8 Å². The fourth-order valence-electron chi connectivity index (χ4n) is 1.99. The van der Waals surface area contributed by atoms with Crippen LogP contribution in [0.4, 0.5) is 0 Å². The van der Waals surface area contributed by atoms with Crippen molar-refractivity contribution >= 4 is 10.1 Å². The first-order valence-corrected chi connectivity index (χ1v) is 8.58. The Labute approximate surface area is 112 Å². The minimum Gasteiger partial charge on any atom is -0.381 e. The number of methoxy groups -OCH3 is 1. The summed E-state index contributed by atoms with van der Waals surface area (Å²) in [4.78, 5) is 0. The lowest BCUT2D eigenvalue weighted by molar-refractivity contribution is 0.0899. The number of ether oxygens (including phenoxy) is 1. The highest BCUT2D eigenvalue weighted by molar-refractivity contribution is 7.85. The van der Waals surface area contributed by atoms with Crippen molar-refractivity contribution in [1.82, 2.24) is 0 Å². The number of hydrogen-bond donors (Lipinski definition) is 1. The third kappa shape index (κ3) is 12.3. The quantitative estimate of drug-likeness (QED) is 0.439. The molecule has 0 bridgehead atoms. The molecule has 18 heavy (non-hydrogen) atoms. The van der Waals surface area contributed by atoms with Gasteiger partial charge >= 0.3 is 0 Å². The van der Waals surface area contributed by atoms with E-state index < -0.39 is 10.1 Å². The summed E-state index contributed by atoms with van der Waals surface area (Å²) in [6, 6.07) is 0. The van der Waals surface area contributed by atoms with E-state index in [1.54, 1.807) is 7.11 Å². The Kier molecular flexibility index (Phi) is 10.7. The first-order valence-electron chi connectivity index (χ1n) is 6.97. The molecule has 0 aliphatic carbocycles. The maximum absolute atomic E-state index is 10.6. The Morgan fingerprint density at radius 1 is 1.00 bits per heavy atom. The molecule has 110 valence electrons. The van der Waals surface area contributed by atoms with Crippen molar-refractivity contribution in [3.8, 4) is 0 Å². The molecule has 1 atom stereocenters. The molecule has 0 amide bonds. The van der Waals surface area contributed by atoms with Gasteiger partial charge in [0.2, 0.25) is 0 Å². The van der Waals surface area contributed by atoms with Gasteiger partial charge in [0.25, 0.3) is 10.1 Å². The Hall–Kier alpha value is -0.130. The van der Waals surface area contributed by atoms with Crippen LogP contribution in [-0.2, 0) is 14.9 Å². The standard InChI is InChI=1S/C13H28O4S/c1-3-4-5-6-7-8-9-10-13(17-2)11-12-18(14,15)16/h13H,3-12H2,1-2H3,(H,14,15,16). The van der Waals surface area contributed by atoms with Gasteiger partial charge in [0, 0.05) is 7.11 Å². The molecule has 0 saturated heterocycles. The van der Waals surface area contributed by atoms with Crippen LogP contribution in [-0.4, -0.2) is 31.9 Å². The lowest BCUT2D eigenvalue weighted by Crippen LogP contribution is -2.16. The lowest BCUT2D eigenvalue weighted by atomic mass is 10.1. The third-order valence-corrected chi connectivity index (χ3v) is 3.91. The molecule has 0 heterocycles. The van der Waals surface area contributed by atoms with Gasteiger partial charge in [-0.3, -0.25) is 4.55 Å². The minimum atomic E-state index is -3.85. The first kappa shape index (κ1) is 17.9. The van der Waals surface area contributed by atoms with Gasteiger partial charge in [0.15, 0.2) is 0 Å². The van der Waals surface area contributed by atoms with Crippen LogP contribution in [0.5, 0.6) is 0 Å². The normalized spacial score (nSPS) is 13.7. The van der Waals surface area contributed by atoms with Gasteiger partial charge in [-0.25, -0.2) is 0 Å². The molecular weight excluding hydrogens is 252 g/mol. The smallest absolute Gasteiger partial charge is 0.264 e. The van der Waals surface area contributed by atoms with Crippen LogP contribution in [0.25, 0.3) is 0 Å². The molecule has 0 aromatic carbocycles. The van der Waals surface area contributed by atoms with Crippen molar-refractivity contribution in [2.24, 2.45) is 0 Å². The summed E-state index contributed by atoms with van der Waals surface area (Å²) in [5.41, 5.74) is 0. The van der Waals surface area contributed by atoms with Gasteiger partial charge in [0.1, 0.15) is 0 Å². The Bertz CT molecular complexity index is 275. The largest absolute Gasteiger partial charge is 0.381 e. The van der Waals surface area contributed by atoms with Crippen LogP contribution >= 0.6 is 0 Å². The van der Waals surface area contributed by atoms with Gasteiger partial charge in [-0.05, 0) is 12.8 Å². The van der Waals surface area contributed by atoms with Crippen LogP contribution in [0.1, 0.15) is 64.7 Å². The Balaban J connectivity index is 3.50. The zero-order valence-corrected chi connectivity index (χ0v) is 12.5. The van der Waals surface area contributed by atoms with E-state index in [4.69, 9.17) is 9.29 Å². The molecule has 0 spiro atoms. The van der Waals surface area contributed by atoms with Crippen LogP contribution in [0.3, 0.4) is 0 Å². The van der Waals surface area contributed by atoms with Crippen LogP contribution in [0.2, 0.25) is 0 Å². The van der Waals surface area contributed by atoms with E-state index >= 15 is 0 Å². The van der Waals surface area contributed by atoms with Gasteiger partial charge in [-0.1, -0.05) is 51.9 Å². The van der Waals surface area contributed by atoms with Gasteiger partial charge in [-0.15, -0.1) is 0 Å². The first-order chi connectivity index (χ1) is 8.49. The van der Waals surface area contributed by atoms with Crippen molar-refractivity contribution in [2.75, 3.05) is 12.9 Å². The van der Waals surface area contributed by atoms with Gasteiger partial charge in [0.05, 0.1) is 11.9 Å². The average molecular weight is 280 g/mol. The zero-order chi connectivity index (χ0) is 13.9. The van der Waals surface area contributed by atoms with E-state index in [-0.39, 0.29) is 11.9 Å². The highest BCUT2D eigenvalue weighted by Gasteiger charge is 2.12. The molecular formula is C13H28O4S. The summed E-state index contributed by atoms with van der Waals surface area (Å²) < 4.78 is 35.1. The fourth-order valence-corrected chi connectivity index (χ4v) is 2.55. The average Bonchev–Trinajstić information content (AvgIpc) is 2.30. The maximum Gasteiger partial charge on any atom is 0.264 e. The topological polar surface area (TPSA) is 63.6 Å². The molecule has 0 saturated carbocycles. The number of unbranched alkanes of at least 4 members (excludes halogenated alkanes) is 6. The summed E-state index contributed by atoms with van der Waals surface area (Å²) >= 11 is 0. The van der Waals surface area contributed by atoms with Crippen molar-refractivity contribution in [3.63, 3.8) is 0 Å². The zero-order valence-electron chi connectivity index (χ0n) is 11.7. The van der Waals surface area contributed by atoms with Crippen molar-refractivity contribution in [3.05, 3.63) is 0 Å². The molecule has 0 aliphatic rings. The molecule has 4 nitrogen and oxygen atoms in total. The summed E-state index contributed by atoms with van der Waals surface area (Å²) in [7, 11) is -2.26. The second-order valence-corrected chi connectivity index (χ2v) is 6.41. The molecule has 1 N–H and O–H groups in total. The fraction of sp³-hybridized carbons (Fsp3) is 1.00. The second kappa shape index (κ2) is 10.8. The predicted octanol–water partition coefficient (Wildman–Crippen LogP) is 3.42. The van der Waals surface area contributed by atoms with Gasteiger partial charge < -0.3 is 4.74 Å². The Morgan fingerprint density at radius 2 is 1.56 bits per heavy atom. The van der Waals surface area contributed by atoms with E-state index in [0.29, 0.717) is 6.42 Å². The molecule has 0 aliphatic heterocycles. The molecule has 0 fully saturated rings. The molecule has 0 aromatic heterocycles. The molecule has 0 rings (SSSR count). The summed E-state index contributed by atoms with van der Waals surface area (Å²) in [5, 5.41) is 0. The van der Waals surface area contributed by atoms with E-state index in [9.17, 15) is 8.42 Å². The minimum absolute atomic E-state index is 0.0532. The second-order valence-electron chi connectivity index (χ2n) is 4.84. The Morgan fingerprint density at radius 3 is 2.06 bits per heavy atom. The summed E-state index contributed by atoms with van der Waals surface area (Å²) in [6.07, 6.45) is 9.87. The highest BCUT2D eigenvalue weighted by atomic mass is 32.2. The van der Waals surface area contributed by atoms with Gasteiger partial charge in [-0.2, -0.15) is 8.42 Å². The molecule has 0 radical (unpaired) electrons. The van der Waals surface area contributed by atoms with E-state index in [2.05, 4.69) is 6.92 Å². The monoisotopic (exact) mass is 280 g/mol. The lowest BCUT2D eigenvalue weighted by Gasteiger charge is -2.14. The van der Waals surface area contributed by atoms with Crippen molar-refractivity contribution in [1.29, 1.82) is 0 Å². The number of hydrogen-bond acceptors (Lipinski definition) is 3. The van der Waals surface area contributed by atoms with Crippen LogP contribution in [0, 0.1) is 0 Å². The molecule has 1 unspecified atom stereocenters. The SMILES string of the molecule is CCCCCCCCCC(CCS(=O)(=O)O)OC.